The van der Waals surface area contributed by atoms with Crippen LogP contribution in [0.15, 0.2) is 0 Å². The molecule has 0 spiro atoms. The Balaban J connectivity index is 3.46. The maximum atomic E-state index is 8.32. The summed E-state index contributed by atoms with van der Waals surface area (Å²) < 4.78 is 0. The SMILES string of the molecule is [CH2]C(CO)C(=N)CO. The first-order valence-corrected chi connectivity index (χ1v) is 2.34. The van der Waals surface area contributed by atoms with Crippen molar-refractivity contribution in [3.8, 4) is 0 Å². The largest absolute Gasteiger partial charge is 0.396 e. The minimum atomic E-state index is -0.444. The molecule has 0 aliphatic heterocycles. The van der Waals surface area contributed by atoms with Crippen LogP contribution in [0.25, 0.3) is 0 Å². The van der Waals surface area contributed by atoms with Gasteiger partial charge in [0, 0.05) is 11.6 Å². The molecule has 0 rings (SSSR count). The Bertz CT molecular complexity index is 82.5. The first-order chi connectivity index (χ1) is 3.72. The number of hydrogen-bond donors (Lipinski definition) is 3. The van der Waals surface area contributed by atoms with Gasteiger partial charge in [-0.1, -0.05) is 0 Å². The average molecular weight is 116 g/mol. The highest BCUT2D eigenvalue weighted by atomic mass is 16.3. The summed E-state index contributed by atoms with van der Waals surface area (Å²) in [5.41, 5.74) is 0.0764. The normalized spacial score (nSPS) is 13.4. The Morgan fingerprint density at radius 1 is 1.62 bits per heavy atom. The summed E-state index contributed by atoms with van der Waals surface area (Å²) in [7, 11) is 0. The summed E-state index contributed by atoms with van der Waals surface area (Å²) in [6.07, 6.45) is 0. The van der Waals surface area contributed by atoms with Crippen molar-refractivity contribution >= 4 is 5.71 Å². The molecule has 0 aliphatic rings. The Morgan fingerprint density at radius 2 is 2.12 bits per heavy atom. The van der Waals surface area contributed by atoms with Crippen LogP contribution >= 0.6 is 0 Å². The molecule has 8 heavy (non-hydrogen) atoms. The molecule has 1 unspecified atom stereocenters. The highest BCUT2D eigenvalue weighted by molar-refractivity contribution is 5.85. The molecule has 0 bridgehead atoms. The Morgan fingerprint density at radius 3 is 2.25 bits per heavy atom. The van der Waals surface area contributed by atoms with Crippen LogP contribution in [0.4, 0.5) is 0 Å². The Labute approximate surface area is 48.5 Å². The smallest absolute Gasteiger partial charge is 0.0810 e. The highest BCUT2D eigenvalue weighted by Gasteiger charge is 2.03. The molecule has 0 aromatic rings. The van der Waals surface area contributed by atoms with Crippen LogP contribution in [0.2, 0.25) is 0 Å². The third-order valence-corrected chi connectivity index (χ3v) is 0.884. The zero-order valence-corrected chi connectivity index (χ0v) is 4.59. The van der Waals surface area contributed by atoms with Gasteiger partial charge < -0.3 is 15.6 Å². The van der Waals surface area contributed by atoms with E-state index in [1.165, 1.54) is 0 Å². The van der Waals surface area contributed by atoms with E-state index in [-0.39, 0.29) is 18.9 Å². The first-order valence-electron chi connectivity index (χ1n) is 2.34. The monoisotopic (exact) mass is 116 g/mol. The lowest BCUT2D eigenvalue weighted by molar-refractivity contribution is 0.271. The van der Waals surface area contributed by atoms with Crippen LogP contribution < -0.4 is 0 Å². The Hall–Kier alpha value is -0.410. The molecule has 0 fully saturated rings. The summed E-state index contributed by atoms with van der Waals surface area (Å²) in [5, 5.41) is 23.5. The standard InChI is InChI=1S/C5H10NO2/c1-4(2-7)5(6)3-8/h4,6-8H,1-3H2. The fourth-order valence-corrected chi connectivity index (χ4v) is 0.239. The third-order valence-electron chi connectivity index (χ3n) is 0.884. The van der Waals surface area contributed by atoms with Crippen molar-refractivity contribution in [1.82, 2.24) is 0 Å². The Kier molecular flexibility index (Phi) is 3.39. The van der Waals surface area contributed by atoms with Gasteiger partial charge in [0.2, 0.25) is 0 Å². The molecule has 0 aromatic heterocycles. The number of aliphatic hydroxyl groups excluding tert-OH is 2. The topological polar surface area (TPSA) is 64.3 Å². The van der Waals surface area contributed by atoms with E-state index in [0.717, 1.165) is 0 Å². The number of aliphatic hydroxyl groups is 2. The van der Waals surface area contributed by atoms with E-state index in [0.29, 0.717) is 0 Å². The summed E-state index contributed by atoms with van der Waals surface area (Å²) in [5.74, 6) is -0.444. The van der Waals surface area contributed by atoms with Crippen molar-refractivity contribution in [1.29, 1.82) is 5.41 Å². The zero-order valence-electron chi connectivity index (χ0n) is 4.59. The van der Waals surface area contributed by atoms with Crippen LogP contribution in [0.1, 0.15) is 0 Å². The molecule has 0 aliphatic carbocycles. The average Bonchev–Trinajstić information content (AvgIpc) is 1.84. The van der Waals surface area contributed by atoms with E-state index >= 15 is 0 Å². The maximum absolute atomic E-state index is 8.32. The molecule has 3 N–H and O–H groups in total. The highest BCUT2D eigenvalue weighted by Crippen LogP contribution is 1.91. The van der Waals surface area contributed by atoms with Crippen LogP contribution in [0.5, 0.6) is 0 Å². The van der Waals surface area contributed by atoms with Gasteiger partial charge in [-0.25, -0.2) is 0 Å². The van der Waals surface area contributed by atoms with Gasteiger partial charge in [0.1, 0.15) is 0 Å². The van der Waals surface area contributed by atoms with Crippen LogP contribution in [0, 0.1) is 18.3 Å². The molecule has 0 saturated heterocycles. The van der Waals surface area contributed by atoms with Crippen molar-refractivity contribution in [2.45, 2.75) is 0 Å². The van der Waals surface area contributed by atoms with Crippen molar-refractivity contribution < 1.29 is 10.2 Å². The maximum Gasteiger partial charge on any atom is 0.0810 e. The molecule has 0 heterocycles. The molecular weight excluding hydrogens is 106 g/mol. The van der Waals surface area contributed by atoms with Gasteiger partial charge in [-0.05, 0) is 6.92 Å². The van der Waals surface area contributed by atoms with Crippen molar-refractivity contribution in [3.05, 3.63) is 6.92 Å². The number of nitrogens with one attached hydrogen (secondary N) is 1. The van der Waals surface area contributed by atoms with Gasteiger partial charge in [0.25, 0.3) is 0 Å². The van der Waals surface area contributed by atoms with E-state index in [2.05, 4.69) is 6.92 Å². The second kappa shape index (κ2) is 3.57. The van der Waals surface area contributed by atoms with Gasteiger partial charge in [0.05, 0.1) is 13.2 Å². The molecule has 1 radical (unpaired) electrons. The number of hydrogen-bond acceptors (Lipinski definition) is 3. The lowest BCUT2D eigenvalue weighted by Gasteiger charge is -2.04. The van der Waals surface area contributed by atoms with E-state index in [1.807, 2.05) is 0 Å². The van der Waals surface area contributed by atoms with E-state index < -0.39 is 5.92 Å². The minimum Gasteiger partial charge on any atom is -0.396 e. The first kappa shape index (κ1) is 7.59. The van der Waals surface area contributed by atoms with Crippen LogP contribution in [-0.2, 0) is 0 Å². The molecule has 1 atom stereocenters. The van der Waals surface area contributed by atoms with Gasteiger partial charge in [-0.2, -0.15) is 0 Å². The predicted octanol–water partition coefficient (Wildman–Crippen LogP) is -0.559. The van der Waals surface area contributed by atoms with Gasteiger partial charge in [-0.3, -0.25) is 0 Å². The van der Waals surface area contributed by atoms with Crippen LogP contribution in [-0.4, -0.2) is 29.1 Å². The summed E-state index contributed by atoms with van der Waals surface area (Å²) in [6, 6.07) is 0. The van der Waals surface area contributed by atoms with Crippen molar-refractivity contribution in [2.75, 3.05) is 13.2 Å². The van der Waals surface area contributed by atoms with Gasteiger partial charge in [-0.15, -0.1) is 0 Å². The van der Waals surface area contributed by atoms with E-state index in [1.54, 1.807) is 0 Å². The molecule has 3 heteroatoms. The minimum absolute atomic E-state index is 0.0764. The molecule has 3 nitrogen and oxygen atoms in total. The van der Waals surface area contributed by atoms with Gasteiger partial charge in [0.15, 0.2) is 0 Å². The summed E-state index contributed by atoms with van der Waals surface area (Å²) in [6.45, 7) is 2.91. The van der Waals surface area contributed by atoms with Crippen molar-refractivity contribution in [2.24, 2.45) is 5.92 Å². The third kappa shape index (κ3) is 2.04. The summed E-state index contributed by atoms with van der Waals surface area (Å²) >= 11 is 0. The zero-order chi connectivity index (χ0) is 6.57. The lowest BCUT2D eigenvalue weighted by Crippen LogP contribution is -2.17. The molecule has 47 valence electrons. The van der Waals surface area contributed by atoms with E-state index in [9.17, 15) is 0 Å². The molecule has 0 aromatic carbocycles. The lowest BCUT2D eigenvalue weighted by atomic mass is 10.1. The quantitative estimate of drug-likeness (QED) is 0.433. The second-order valence-electron chi connectivity index (χ2n) is 1.56. The molecular formula is C5H10NO2. The molecule has 0 amide bonds. The van der Waals surface area contributed by atoms with Crippen molar-refractivity contribution in [3.63, 3.8) is 0 Å². The number of rotatable bonds is 3. The second-order valence-corrected chi connectivity index (χ2v) is 1.56. The summed E-state index contributed by atoms with van der Waals surface area (Å²) in [4.78, 5) is 0. The molecule has 0 saturated carbocycles. The fraction of sp³-hybridized carbons (Fsp3) is 0.600. The fourth-order valence-electron chi connectivity index (χ4n) is 0.239. The van der Waals surface area contributed by atoms with Gasteiger partial charge >= 0.3 is 0 Å². The predicted molar refractivity (Wildman–Crippen MR) is 30.7 cm³/mol. The van der Waals surface area contributed by atoms with Crippen LogP contribution in [0.3, 0.4) is 0 Å². The van der Waals surface area contributed by atoms with E-state index in [4.69, 9.17) is 15.6 Å².